The van der Waals surface area contributed by atoms with Gasteiger partial charge in [-0.3, -0.25) is 0 Å². The Morgan fingerprint density at radius 2 is 1.70 bits per heavy atom. The Balaban J connectivity index is 0.000000197. The molecule has 4 rings (SSSR count). The van der Waals surface area contributed by atoms with Crippen LogP contribution in [0.5, 0.6) is 0 Å². The van der Waals surface area contributed by atoms with Gasteiger partial charge in [-0.15, -0.1) is 40.1 Å². The second kappa shape index (κ2) is 9.22. The predicted molar refractivity (Wildman–Crippen MR) is 116 cm³/mol. The molecule has 0 spiro atoms. The molecule has 1 radical (unpaired) electrons. The van der Waals surface area contributed by atoms with Gasteiger partial charge in [0.05, 0.1) is 0 Å². The number of hydrogen-bond donors (Lipinski definition) is 0. The minimum atomic E-state index is 0.258. The van der Waals surface area contributed by atoms with Crippen LogP contribution in [0, 0.1) is 5.41 Å². The first kappa shape index (κ1) is 20.4. The normalized spacial score (nSPS) is 13.6. The minimum absolute atomic E-state index is 0.258. The van der Waals surface area contributed by atoms with Crippen LogP contribution in [0.4, 0.5) is 0 Å². The summed E-state index contributed by atoms with van der Waals surface area (Å²) >= 11 is 1.66. The van der Waals surface area contributed by atoms with Crippen LogP contribution in [-0.2, 0) is 29.4 Å². The molecule has 0 N–H and O–H groups in total. The summed E-state index contributed by atoms with van der Waals surface area (Å²) in [6.07, 6.45) is 6.93. The molecule has 0 heterocycles. The van der Waals surface area contributed by atoms with Crippen LogP contribution in [-0.4, -0.2) is 6.16 Å². The van der Waals surface area contributed by atoms with Gasteiger partial charge < -0.3 is 0 Å². The second-order valence-corrected chi connectivity index (χ2v) is 11.3. The van der Waals surface area contributed by atoms with Gasteiger partial charge in [0.1, 0.15) is 0 Å². The number of allylic oxidation sites excluding steroid dienone is 4. The van der Waals surface area contributed by atoms with Crippen molar-refractivity contribution < 1.29 is 23.3 Å². The summed E-state index contributed by atoms with van der Waals surface area (Å²) in [5, 5.41) is 2.69. The van der Waals surface area contributed by atoms with E-state index in [1.54, 1.807) is 23.3 Å². The maximum atomic E-state index is 2.37. The molecule has 0 saturated carbocycles. The van der Waals surface area contributed by atoms with Crippen LogP contribution in [0.1, 0.15) is 38.3 Å². The molecule has 0 aromatic heterocycles. The van der Waals surface area contributed by atoms with Gasteiger partial charge >= 0.3 is 71.4 Å². The Morgan fingerprint density at radius 1 is 1.00 bits per heavy atom. The molecule has 2 heteroatoms. The molecule has 27 heavy (non-hydrogen) atoms. The van der Waals surface area contributed by atoms with Gasteiger partial charge in [0.2, 0.25) is 0 Å². The maximum absolute atomic E-state index is 2.37. The fourth-order valence-corrected chi connectivity index (χ4v) is 5.23. The van der Waals surface area contributed by atoms with Crippen LogP contribution in [0.15, 0.2) is 84.5 Å². The Morgan fingerprint density at radius 3 is 2.33 bits per heavy atom. The van der Waals surface area contributed by atoms with Crippen LogP contribution in [0.2, 0.25) is 0 Å². The third-order valence-electron chi connectivity index (χ3n) is 4.86. The molecule has 0 bridgehead atoms. The third kappa shape index (κ3) is 5.56. The van der Waals surface area contributed by atoms with E-state index in [1.807, 2.05) is 0 Å². The topological polar surface area (TPSA) is 0 Å². The Kier molecular flexibility index (Phi) is 6.95. The Hall–Kier alpha value is -1.37. The molecule has 1 aliphatic carbocycles. The number of fused-ring (bicyclic) bond motifs is 1. The fraction of sp³-hybridized carbons (Fsp3) is 0.240. The first-order chi connectivity index (χ1) is 13.0. The van der Waals surface area contributed by atoms with Crippen molar-refractivity contribution in [1.82, 2.24) is 0 Å². The summed E-state index contributed by atoms with van der Waals surface area (Å²) in [6, 6.07) is 25.1. The molecule has 1 aliphatic rings. The van der Waals surface area contributed by atoms with Crippen LogP contribution < -0.4 is 0 Å². The monoisotopic (exact) mass is 444 g/mol. The van der Waals surface area contributed by atoms with Crippen molar-refractivity contribution >= 4 is 22.5 Å². The summed E-state index contributed by atoms with van der Waals surface area (Å²) < 4.78 is 0. The zero-order valence-electron chi connectivity index (χ0n) is 16.4. The van der Waals surface area contributed by atoms with Gasteiger partial charge in [-0.05, 0) is 11.8 Å². The molecule has 0 saturated heterocycles. The Bertz CT molecular complexity index is 935. The van der Waals surface area contributed by atoms with Crippen molar-refractivity contribution in [2.75, 3.05) is 0 Å². The molecule has 0 unspecified atom stereocenters. The molecule has 135 valence electrons. The number of hydrogen-bond acceptors (Lipinski definition) is 0. The van der Waals surface area contributed by atoms with Gasteiger partial charge in [-0.1, -0.05) is 56.7 Å². The standard InChI is InChI=1S/C18H19.C7H7Si.Zr/c1-18(2,3)17-9-8-15(12-17)16-10-13-6-4-5-7-14(13)11-16;8-6-7-4-2-1-3-5-7;/h4-7,9-12H,8H2,1-3H3;1-5H,6H2;/q-1;;. The summed E-state index contributed by atoms with van der Waals surface area (Å²) in [6.45, 7) is 6.83. The third-order valence-corrected chi connectivity index (χ3v) is 6.75. The van der Waals surface area contributed by atoms with Gasteiger partial charge in [-0.2, -0.15) is 0 Å². The van der Waals surface area contributed by atoms with E-state index in [0.717, 1.165) is 12.6 Å². The van der Waals surface area contributed by atoms with Crippen LogP contribution >= 0.6 is 0 Å². The zero-order chi connectivity index (χ0) is 19.3. The molecule has 3 aromatic carbocycles. The molecule has 0 fully saturated rings. The first-order valence-electron chi connectivity index (χ1n) is 9.48. The quantitative estimate of drug-likeness (QED) is 0.312. The second-order valence-electron chi connectivity index (χ2n) is 8.00. The number of rotatable bonds is 3. The first-order valence-corrected chi connectivity index (χ1v) is 14.4. The molecule has 3 aromatic rings. The van der Waals surface area contributed by atoms with E-state index in [2.05, 4.69) is 99.7 Å². The average molecular weight is 446 g/mol. The summed E-state index contributed by atoms with van der Waals surface area (Å²) in [5.41, 5.74) is 6.03. The van der Waals surface area contributed by atoms with Gasteiger partial charge in [0, 0.05) is 0 Å². The molecule has 0 nitrogen and oxygen atoms in total. The molecular formula is C25H26SiZr-. The van der Waals surface area contributed by atoms with Crippen LogP contribution in [0.25, 0.3) is 16.3 Å². The van der Waals surface area contributed by atoms with Crippen molar-refractivity contribution in [3.63, 3.8) is 0 Å². The van der Waals surface area contributed by atoms with E-state index >= 15 is 0 Å². The van der Waals surface area contributed by atoms with E-state index in [1.165, 1.54) is 39.1 Å². The Labute approximate surface area is 179 Å². The molecule has 0 amide bonds. The van der Waals surface area contributed by atoms with E-state index in [9.17, 15) is 0 Å². The van der Waals surface area contributed by atoms with Crippen LogP contribution in [0.3, 0.4) is 0 Å². The summed E-state index contributed by atoms with van der Waals surface area (Å²) in [7, 11) is 0. The van der Waals surface area contributed by atoms with Gasteiger partial charge in [-0.25, -0.2) is 0 Å². The van der Waals surface area contributed by atoms with E-state index < -0.39 is 0 Å². The van der Waals surface area contributed by atoms with Gasteiger partial charge in [0.15, 0.2) is 0 Å². The van der Waals surface area contributed by atoms with Crippen molar-refractivity contribution in [3.8, 4) is 0 Å². The summed E-state index contributed by atoms with van der Waals surface area (Å²) in [4.78, 5) is 0. The predicted octanol–water partition coefficient (Wildman–Crippen LogP) is 6.67. The van der Waals surface area contributed by atoms with E-state index in [4.69, 9.17) is 0 Å². The zero-order valence-corrected chi connectivity index (χ0v) is 19.9. The molecule has 0 atom stereocenters. The van der Waals surface area contributed by atoms with E-state index in [-0.39, 0.29) is 5.41 Å². The fourth-order valence-electron chi connectivity index (χ4n) is 3.28. The van der Waals surface area contributed by atoms with Crippen molar-refractivity contribution in [2.24, 2.45) is 5.41 Å². The SMILES string of the molecule is CC(C)(C)C1=CCC(c2cc3ccccc3[cH-]2)=C1.[Zr]=[Si]Cc1ccccc1. The molecule has 0 aliphatic heterocycles. The van der Waals surface area contributed by atoms with Crippen molar-refractivity contribution in [1.29, 1.82) is 0 Å². The van der Waals surface area contributed by atoms with Crippen molar-refractivity contribution in [2.45, 2.75) is 33.2 Å². The molecular weight excluding hydrogens is 420 g/mol. The average Bonchev–Trinajstić information content (AvgIpc) is 3.30. The summed E-state index contributed by atoms with van der Waals surface area (Å²) in [5.74, 6) is 0. The van der Waals surface area contributed by atoms with E-state index in [0.29, 0.717) is 0 Å². The van der Waals surface area contributed by atoms with Gasteiger partial charge in [0.25, 0.3) is 0 Å². The van der Waals surface area contributed by atoms with Crippen molar-refractivity contribution in [3.05, 3.63) is 95.6 Å². The number of benzene rings is 2.